The first kappa shape index (κ1) is 21.4. The third kappa shape index (κ3) is 3.44. The maximum absolute atomic E-state index is 9.00. The molecule has 4 aliphatic rings. The second kappa shape index (κ2) is 6.61. The quantitative estimate of drug-likeness (QED) is 0.271. The summed E-state index contributed by atoms with van der Waals surface area (Å²) in [4.78, 5) is 3.07. The lowest BCUT2D eigenvalue weighted by Gasteiger charge is -2.64. The van der Waals surface area contributed by atoms with E-state index in [4.69, 9.17) is 14.8 Å². The van der Waals surface area contributed by atoms with Crippen LogP contribution in [0.5, 0.6) is 0 Å². The average molecular weight is 409 g/mol. The van der Waals surface area contributed by atoms with E-state index in [9.17, 15) is 0 Å². The molecular formula is C18H37BN4O2Si2. The Bertz CT molecular complexity index is 630. The van der Waals surface area contributed by atoms with E-state index in [1.807, 2.05) is 0 Å². The molecule has 9 heteroatoms. The molecule has 3 saturated carbocycles. The van der Waals surface area contributed by atoms with Crippen molar-refractivity contribution in [2.75, 3.05) is 6.54 Å². The highest BCUT2D eigenvalue weighted by Gasteiger charge is 2.69. The number of nitrogens with zero attached hydrogens (tertiary/aromatic N) is 4. The fraction of sp³-hybridized carbons (Fsp3) is 1.00. The second-order valence-electron chi connectivity index (χ2n) is 11.5. The van der Waals surface area contributed by atoms with Crippen LogP contribution in [0, 0.1) is 17.3 Å². The van der Waals surface area contributed by atoms with E-state index in [1.165, 1.54) is 6.42 Å². The lowest BCUT2D eigenvalue weighted by molar-refractivity contribution is -0.199. The molecule has 1 unspecified atom stereocenters. The molecule has 27 heavy (non-hydrogen) atoms. The molecule has 3 aliphatic carbocycles. The minimum atomic E-state index is -1.66. The van der Waals surface area contributed by atoms with Crippen LogP contribution >= 0.6 is 0 Å². The van der Waals surface area contributed by atoms with Crippen molar-refractivity contribution in [1.82, 2.24) is 4.23 Å². The van der Waals surface area contributed by atoms with Gasteiger partial charge in [0.2, 0.25) is 0 Å². The van der Waals surface area contributed by atoms with E-state index < -0.39 is 16.5 Å². The van der Waals surface area contributed by atoms with Crippen molar-refractivity contribution in [3.63, 3.8) is 0 Å². The lowest BCUT2D eigenvalue weighted by Crippen LogP contribution is -2.68. The minimum absolute atomic E-state index is 0.00182. The first-order valence-corrected chi connectivity index (χ1v) is 17.3. The number of hydrogen-bond acceptors (Lipinski definition) is 4. The van der Waals surface area contributed by atoms with Gasteiger partial charge < -0.3 is 13.5 Å². The Kier molecular flexibility index (Phi) is 5.23. The van der Waals surface area contributed by atoms with Crippen LogP contribution in [-0.4, -0.2) is 52.0 Å². The van der Waals surface area contributed by atoms with Gasteiger partial charge in [-0.3, -0.25) is 0 Å². The Morgan fingerprint density at radius 1 is 1.15 bits per heavy atom. The Balaban J connectivity index is 1.92. The van der Waals surface area contributed by atoms with Crippen molar-refractivity contribution in [3.8, 4) is 0 Å². The highest BCUT2D eigenvalue weighted by molar-refractivity contribution is 6.90. The summed E-state index contributed by atoms with van der Waals surface area (Å²) < 4.78 is 16.0. The summed E-state index contributed by atoms with van der Waals surface area (Å²) in [5, 5.41) is 3.99. The van der Waals surface area contributed by atoms with Crippen LogP contribution in [0.2, 0.25) is 39.3 Å². The highest BCUT2D eigenvalue weighted by atomic mass is 28.4. The summed E-state index contributed by atoms with van der Waals surface area (Å²) in [7, 11) is -3.62. The zero-order valence-electron chi connectivity index (χ0n) is 18.6. The third-order valence-corrected chi connectivity index (χ3v) is 15.0. The van der Waals surface area contributed by atoms with Gasteiger partial charge in [-0.1, -0.05) is 58.2 Å². The van der Waals surface area contributed by atoms with E-state index in [0.717, 1.165) is 12.3 Å². The van der Waals surface area contributed by atoms with Gasteiger partial charge in [-0.2, -0.15) is 0 Å². The van der Waals surface area contributed by atoms with Gasteiger partial charge in [0.05, 0.1) is 11.7 Å². The van der Waals surface area contributed by atoms with Crippen LogP contribution in [-0.2, 0) is 9.31 Å². The summed E-state index contributed by atoms with van der Waals surface area (Å²) >= 11 is 0. The van der Waals surface area contributed by atoms with E-state index >= 15 is 0 Å². The lowest BCUT2D eigenvalue weighted by atomic mass is 9.43. The van der Waals surface area contributed by atoms with Gasteiger partial charge in [0.25, 0.3) is 0 Å². The molecule has 0 aromatic heterocycles. The van der Waals surface area contributed by atoms with Crippen molar-refractivity contribution in [1.29, 1.82) is 0 Å². The van der Waals surface area contributed by atoms with Crippen LogP contribution in [0.1, 0.15) is 33.6 Å². The molecule has 1 heterocycles. The van der Waals surface area contributed by atoms with Crippen LogP contribution in [0.3, 0.4) is 0 Å². The first-order chi connectivity index (χ1) is 12.2. The molecule has 0 N–H and O–H groups in total. The third-order valence-electron chi connectivity index (χ3n) is 7.39. The van der Waals surface area contributed by atoms with Gasteiger partial charge in [-0.05, 0) is 42.5 Å². The topological polar surface area (TPSA) is 70.5 Å². The van der Waals surface area contributed by atoms with Crippen molar-refractivity contribution >= 4 is 23.6 Å². The van der Waals surface area contributed by atoms with Gasteiger partial charge in [0.15, 0.2) is 0 Å². The zero-order valence-corrected chi connectivity index (χ0v) is 20.6. The predicted octanol–water partition coefficient (Wildman–Crippen LogP) is 4.90. The summed E-state index contributed by atoms with van der Waals surface area (Å²) in [5.41, 5.74) is 9.11. The monoisotopic (exact) mass is 408 g/mol. The highest BCUT2D eigenvalue weighted by Crippen LogP contribution is 2.65. The fourth-order valence-electron chi connectivity index (χ4n) is 6.47. The van der Waals surface area contributed by atoms with Crippen LogP contribution in [0.15, 0.2) is 5.11 Å². The minimum Gasteiger partial charge on any atom is -0.404 e. The van der Waals surface area contributed by atoms with Crippen molar-refractivity contribution in [2.24, 2.45) is 22.4 Å². The molecule has 5 atom stereocenters. The predicted molar refractivity (Wildman–Crippen MR) is 116 cm³/mol. The Labute approximate surface area is 167 Å². The normalized spacial score (nSPS) is 36.1. The maximum atomic E-state index is 9.00. The molecule has 0 radical (unpaired) electrons. The molecule has 1 aliphatic heterocycles. The largest absolute Gasteiger partial charge is 0.474 e. The standard InChI is InChI=1S/C18H37BN4O2Si2/c1-17(2)13-10-14(17)18(3)15(11-13)24-19(25-18)16(12-21-22-20)23(26(4,5)6)27(7,8)9/h13-16H,10-12H2,1-9H3/t13-,14-,15?,16-,18-/m0/s1. The zero-order chi connectivity index (χ0) is 20.4. The molecule has 1 saturated heterocycles. The van der Waals surface area contributed by atoms with E-state index in [-0.39, 0.29) is 24.8 Å². The molecule has 6 nitrogen and oxygen atoms in total. The SMILES string of the molecule is CC1(C)[C@@H]2CC3OB([C@H](CN=[N+]=[N-])N([Si](C)(C)C)[Si](C)(C)C)O[C@@]3(C)[C@H]1C2. The second-order valence-corrected chi connectivity index (χ2v) is 21.6. The molecule has 0 spiro atoms. The van der Waals surface area contributed by atoms with Gasteiger partial charge >= 0.3 is 7.12 Å². The first-order valence-electron chi connectivity index (χ1n) is 10.4. The van der Waals surface area contributed by atoms with Crippen molar-refractivity contribution < 1.29 is 9.31 Å². The van der Waals surface area contributed by atoms with Crippen LogP contribution in [0.4, 0.5) is 0 Å². The van der Waals surface area contributed by atoms with Gasteiger partial charge in [-0.25, -0.2) is 0 Å². The molecular weight excluding hydrogens is 371 g/mol. The number of rotatable bonds is 6. The average Bonchev–Trinajstić information content (AvgIpc) is 2.85. The van der Waals surface area contributed by atoms with E-state index in [0.29, 0.717) is 17.9 Å². The van der Waals surface area contributed by atoms with Crippen LogP contribution in [0.25, 0.3) is 10.4 Å². The molecule has 0 aromatic carbocycles. The Morgan fingerprint density at radius 3 is 2.22 bits per heavy atom. The van der Waals surface area contributed by atoms with Crippen molar-refractivity contribution in [3.05, 3.63) is 10.4 Å². The molecule has 0 amide bonds. The van der Waals surface area contributed by atoms with E-state index in [2.05, 4.69) is 74.3 Å². The maximum Gasteiger partial charge on any atom is 0.474 e. The van der Waals surface area contributed by atoms with Crippen molar-refractivity contribution in [2.45, 2.75) is 90.5 Å². The van der Waals surface area contributed by atoms with Gasteiger partial charge in [0.1, 0.15) is 16.5 Å². The smallest absolute Gasteiger partial charge is 0.404 e. The molecule has 2 bridgehead atoms. The summed E-state index contributed by atoms with van der Waals surface area (Å²) in [5.74, 6) is 1.29. The number of azide groups is 1. The molecule has 4 fully saturated rings. The summed E-state index contributed by atoms with van der Waals surface area (Å²) in [6, 6.07) is 0. The van der Waals surface area contributed by atoms with Gasteiger partial charge in [0, 0.05) is 17.4 Å². The summed E-state index contributed by atoms with van der Waals surface area (Å²) in [6.45, 7) is 21.7. The van der Waals surface area contributed by atoms with E-state index in [1.54, 1.807) is 0 Å². The Hall–Kier alpha value is -0.311. The molecule has 0 aromatic rings. The number of hydrogen-bond donors (Lipinski definition) is 0. The van der Waals surface area contributed by atoms with Gasteiger partial charge in [-0.15, -0.1) is 0 Å². The molecule has 4 rings (SSSR count). The molecule has 152 valence electrons. The summed E-state index contributed by atoms with van der Waals surface area (Å²) in [6.07, 6.45) is 2.51. The Morgan fingerprint density at radius 2 is 1.74 bits per heavy atom. The fourth-order valence-corrected chi connectivity index (χ4v) is 16.9. The van der Waals surface area contributed by atoms with Crippen LogP contribution < -0.4 is 0 Å².